The second-order valence-corrected chi connectivity index (χ2v) is 3.84. The number of aromatic amines is 1. The molecule has 5 nitrogen and oxygen atoms in total. The lowest BCUT2D eigenvalue weighted by Gasteiger charge is -1.99. The fourth-order valence-electron chi connectivity index (χ4n) is 2.00. The van der Waals surface area contributed by atoms with Crippen LogP contribution in [0.25, 0.3) is 21.8 Å². The van der Waals surface area contributed by atoms with Crippen molar-refractivity contribution in [3.05, 3.63) is 40.3 Å². The van der Waals surface area contributed by atoms with Crippen molar-refractivity contribution in [3.63, 3.8) is 0 Å². The Hall–Kier alpha value is -2.61. The van der Waals surface area contributed by atoms with Gasteiger partial charge in [0.2, 0.25) is 0 Å². The summed E-state index contributed by atoms with van der Waals surface area (Å²) < 4.78 is 1.41. The Balaban J connectivity index is 2.63. The van der Waals surface area contributed by atoms with Gasteiger partial charge in [-0.1, -0.05) is 12.1 Å². The highest BCUT2D eigenvalue weighted by atomic mass is 16.1. The topological polar surface area (TPSA) is 74.5 Å². The first-order chi connectivity index (χ1) is 8.22. The fourth-order valence-corrected chi connectivity index (χ4v) is 2.00. The van der Waals surface area contributed by atoms with Crippen LogP contribution in [0.3, 0.4) is 0 Å². The highest BCUT2D eigenvalue weighted by Gasteiger charge is 2.10. The molecule has 82 valence electrons. The molecule has 1 N–H and O–H groups in total. The van der Waals surface area contributed by atoms with Gasteiger partial charge in [0.1, 0.15) is 6.07 Å². The second kappa shape index (κ2) is 3.19. The van der Waals surface area contributed by atoms with Gasteiger partial charge in [0.25, 0.3) is 5.56 Å². The fraction of sp³-hybridized carbons (Fsp3) is 0.0833. The van der Waals surface area contributed by atoms with Crippen molar-refractivity contribution >= 4 is 21.8 Å². The number of hydrogen-bond acceptors (Lipinski definition) is 3. The normalized spacial score (nSPS) is 10.8. The molecule has 0 radical (unpaired) electrons. The van der Waals surface area contributed by atoms with Gasteiger partial charge in [0.15, 0.2) is 0 Å². The molecule has 17 heavy (non-hydrogen) atoms. The van der Waals surface area contributed by atoms with E-state index in [9.17, 15) is 4.79 Å². The van der Waals surface area contributed by atoms with E-state index in [0.29, 0.717) is 16.5 Å². The van der Waals surface area contributed by atoms with Crippen LogP contribution in [0.1, 0.15) is 5.56 Å². The Bertz CT molecular complexity index is 835. The maximum atomic E-state index is 11.8. The van der Waals surface area contributed by atoms with Crippen molar-refractivity contribution in [1.82, 2.24) is 14.8 Å². The SMILES string of the molecule is Cn1[nH]c2c(cnc3c(C#N)cccc32)c1=O. The molecule has 5 heteroatoms. The Morgan fingerprint density at radius 2 is 2.24 bits per heavy atom. The van der Waals surface area contributed by atoms with Crippen LogP contribution in [-0.2, 0) is 7.05 Å². The quantitative estimate of drug-likeness (QED) is 0.625. The molecule has 0 aliphatic heterocycles. The number of pyridine rings is 1. The number of aromatic nitrogens is 3. The van der Waals surface area contributed by atoms with Crippen molar-refractivity contribution in [1.29, 1.82) is 5.26 Å². The number of nitrogens with zero attached hydrogens (tertiary/aromatic N) is 3. The zero-order chi connectivity index (χ0) is 12.0. The summed E-state index contributed by atoms with van der Waals surface area (Å²) in [5.41, 5.74) is 1.73. The van der Waals surface area contributed by atoms with Gasteiger partial charge in [-0.05, 0) is 6.07 Å². The largest absolute Gasteiger partial charge is 0.294 e. The third kappa shape index (κ3) is 1.18. The van der Waals surface area contributed by atoms with Gasteiger partial charge in [0, 0.05) is 18.6 Å². The molecule has 0 aliphatic rings. The molecule has 2 heterocycles. The number of H-pyrrole nitrogens is 1. The first kappa shape index (κ1) is 9.60. The molecule has 0 amide bonds. The van der Waals surface area contributed by atoms with Gasteiger partial charge >= 0.3 is 0 Å². The smallest absolute Gasteiger partial charge is 0.275 e. The zero-order valence-electron chi connectivity index (χ0n) is 9.06. The zero-order valence-corrected chi connectivity index (χ0v) is 9.06. The first-order valence-electron chi connectivity index (χ1n) is 5.09. The van der Waals surface area contributed by atoms with Crippen molar-refractivity contribution < 1.29 is 0 Å². The van der Waals surface area contributed by atoms with Crippen LogP contribution in [0.4, 0.5) is 0 Å². The molecule has 0 saturated carbocycles. The number of para-hydroxylation sites is 1. The van der Waals surface area contributed by atoms with Crippen molar-refractivity contribution in [2.75, 3.05) is 0 Å². The number of nitrogens with one attached hydrogen (secondary N) is 1. The van der Waals surface area contributed by atoms with E-state index >= 15 is 0 Å². The van der Waals surface area contributed by atoms with Gasteiger partial charge in [-0.3, -0.25) is 19.6 Å². The standard InChI is InChI=1S/C12H8N4O/c1-16-12(17)9-6-14-10-7(5-13)3-2-4-8(10)11(9)15-16/h2-4,6,15H,1H3. The van der Waals surface area contributed by atoms with Crippen molar-refractivity contribution in [3.8, 4) is 6.07 Å². The van der Waals surface area contributed by atoms with Gasteiger partial charge in [0.05, 0.1) is 22.0 Å². The lowest BCUT2D eigenvalue weighted by atomic mass is 10.1. The molecule has 3 rings (SSSR count). The Morgan fingerprint density at radius 1 is 1.41 bits per heavy atom. The average Bonchev–Trinajstić information content (AvgIpc) is 2.65. The summed E-state index contributed by atoms with van der Waals surface area (Å²) in [6.45, 7) is 0. The molecule has 0 unspecified atom stereocenters. The summed E-state index contributed by atoms with van der Waals surface area (Å²) in [6.07, 6.45) is 1.51. The number of nitriles is 1. The van der Waals surface area contributed by atoms with Gasteiger partial charge in [-0.15, -0.1) is 0 Å². The Labute approximate surface area is 95.9 Å². The van der Waals surface area contributed by atoms with E-state index in [2.05, 4.69) is 16.2 Å². The summed E-state index contributed by atoms with van der Waals surface area (Å²) in [5.74, 6) is 0. The number of aryl methyl sites for hydroxylation is 1. The van der Waals surface area contributed by atoms with E-state index < -0.39 is 0 Å². The van der Waals surface area contributed by atoms with Crippen molar-refractivity contribution in [2.24, 2.45) is 7.05 Å². The molecule has 0 aliphatic carbocycles. The lowest BCUT2D eigenvalue weighted by Crippen LogP contribution is -2.11. The Kier molecular flexibility index (Phi) is 1.80. The third-order valence-electron chi connectivity index (χ3n) is 2.83. The summed E-state index contributed by atoms with van der Waals surface area (Å²) >= 11 is 0. The van der Waals surface area contributed by atoms with Crippen LogP contribution in [0, 0.1) is 11.3 Å². The molecule has 0 saturated heterocycles. The number of fused-ring (bicyclic) bond motifs is 3. The minimum Gasteiger partial charge on any atom is -0.294 e. The summed E-state index contributed by atoms with van der Waals surface area (Å²) in [6, 6.07) is 7.44. The van der Waals surface area contributed by atoms with E-state index in [0.717, 1.165) is 10.9 Å². The molecule has 1 aromatic carbocycles. The predicted molar refractivity (Wildman–Crippen MR) is 63.6 cm³/mol. The second-order valence-electron chi connectivity index (χ2n) is 3.84. The van der Waals surface area contributed by atoms with Crippen LogP contribution in [0.15, 0.2) is 29.2 Å². The van der Waals surface area contributed by atoms with Crippen molar-refractivity contribution in [2.45, 2.75) is 0 Å². The third-order valence-corrected chi connectivity index (χ3v) is 2.83. The van der Waals surface area contributed by atoms with Gasteiger partial charge in [-0.2, -0.15) is 5.26 Å². The number of hydrogen-bond donors (Lipinski definition) is 1. The average molecular weight is 224 g/mol. The highest BCUT2D eigenvalue weighted by molar-refractivity contribution is 6.04. The molecule has 0 bridgehead atoms. The number of benzene rings is 1. The molecule has 3 aromatic rings. The van der Waals surface area contributed by atoms with Crippen LogP contribution >= 0.6 is 0 Å². The molecule has 2 aromatic heterocycles. The van der Waals surface area contributed by atoms with E-state index in [4.69, 9.17) is 5.26 Å². The molecule has 0 fully saturated rings. The summed E-state index contributed by atoms with van der Waals surface area (Å²) in [5, 5.41) is 13.3. The van der Waals surface area contributed by atoms with Crippen LogP contribution < -0.4 is 5.56 Å². The molecular formula is C12H8N4O. The summed E-state index contributed by atoms with van der Waals surface area (Å²) in [4.78, 5) is 16.0. The van der Waals surface area contributed by atoms with Gasteiger partial charge < -0.3 is 0 Å². The minimum absolute atomic E-state index is 0.114. The minimum atomic E-state index is -0.114. The maximum Gasteiger partial charge on any atom is 0.275 e. The van der Waals surface area contributed by atoms with E-state index in [1.165, 1.54) is 10.9 Å². The predicted octanol–water partition coefficient (Wildman–Crippen LogP) is 1.29. The molecule has 0 atom stereocenters. The van der Waals surface area contributed by atoms with Crippen LogP contribution in [-0.4, -0.2) is 14.8 Å². The highest BCUT2D eigenvalue weighted by Crippen LogP contribution is 2.21. The van der Waals surface area contributed by atoms with Crippen LogP contribution in [0.5, 0.6) is 0 Å². The van der Waals surface area contributed by atoms with Gasteiger partial charge in [-0.25, -0.2) is 0 Å². The monoisotopic (exact) mass is 224 g/mol. The van der Waals surface area contributed by atoms with E-state index in [-0.39, 0.29) is 5.56 Å². The number of rotatable bonds is 0. The Morgan fingerprint density at radius 3 is 3.00 bits per heavy atom. The van der Waals surface area contributed by atoms with E-state index in [1.54, 1.807) is 19.2 Å². The molecular weight excluding hydrogens is 216 g/mol. The summed E-state index contributed by atoms with van der Waals surface area (Å²) in [7, 11) is 1.66. The first-order valence-corrected chi connectivity index (χ1v) is 5.09. The van der Waals surface area contributed by atoms with E-state index in [1.807, 2.05) is 6.07 Å². The lowest BCUT2D eigenvalue weighted by molar-refractivity contribution is 0.751. The van der Waals surface area contributed by atoms with Crippen LogP contribution in [0.2, 0.25) is 0 Å². The maximum absolute atomic E-state index is 11.8. The molecule has 0 spiro atoms.